The summed E-state index contributed by atoms with van der Waals surface area (Å²) in [6.45, 7) is 6.29. The normalized spacial score (nSPS) is 47.4. The Bertz CT molecular complexity index is 417. The summed E-state index contributed by atoms with van der Waals surface area (Å²) >= 11 is 0. The molecular formula is C11H17N3O2. The zero-order valence-corrected chi connectivity index (χ0v) is 9.77. The Morgan fingerprint density at radius 1 is 1.62 bits per heavy atom. The summed E-state index contributed by atoms with van der Waals surface area (Å²) in [7, 11) is 0. The van der Waals surface area contributed by atoms with E-state index in [4.69, 9.17) is 5.73 Å². The number of hydrogen-bond donors (Lipinski definition) is 2. The van der Waals surface area contributed by atoms with Crippen molar-refractivity contribution in [2.24, 2.45) is 34.0 Å². The Morgan fingerprint density at radius 2 is 2.25 bits per heavy atom. The number of nitrogens with zero attached hydrogens (tertiary/aromatic N) is 2. The first kappa shape index (κ1) is 10.1. The van der Waals surface area contributed by atoms with Crippen molar-refractivity contribution >= 4 is 11.7 Å². The molecule has 0 bridgehead atoms. The highest BCUT2D eigenvalue weighted by Crippen LogP contribution is 2.73. The number of rotatable bonds is 0. The van der Waals surface area contributed by atoms with Gasteiger partial charge >= 0.3 is 6.03 Å². The molecule has 0 aromatic heterocycles. The van der Waals surface area contributed by atoms with Crippen LogP contribution in [0.25, 0.3) is 0 Å². The van der Waals surface area contributed by atoms with Crippen LogP contribution in [0.2, 0.25) is 0 Å². The number of hydrazone groups is 1. The molecule has 16 heavy (non-hydrogen) atoms. The minimum absolute atomic E-state index is 0.0278. The van der Waals surface area contributed by atoms with Crippen LogP contribution >= 0.6 is 0 Å². The van der Waals surface area contributed by atoms with Gasteiger partial charge < -0.3 is 10.8 Å². The highest BCUT2D eigenvalue weighted by molar-refractivity contribution is 5.91. The van der Waals surface area contributed by atoms with Gasteiger partial charge in [-0.1, -0.05) is 13.8 Å². The molecule has 0 spiro atoms. The third-order valence-electron chi connectivity index (χ3n) is 4.80. The summed E-state index contributed by atoms with van der Waals surface area (Å²) in [5, 5.41) is 15.8. The van der Waals surface area contributed by atoms with Crippen LogP contribution in [0.5, 0.6) is 0 Å². The molecule has 0 aromatic rings. The number of amides is 2. The molecule has 3 aliphatic rings. The number of primary amides is 1. The summed E-state index contributed by atoms with van der Waals surface area (Å²) in [6.07, 6.45) is 0.596. The number of aliphatic hydroxyl groups is 1. The van der Waals surface area contributed by atoms with Crippen LogP contribution < -0.4 is 5.73 Å². The molecule has 0 unspecified atom stereocenters. The second-order valence-corrected chi connectivity index (χ2v) is 5.91. The van der Waals surface area contributed by atoms with Crippen molar-refractivity contribution in [3.8, 4) is 0 Å². The SMILES string of the molecule is CC1=NN(C(N)=O)[C@]2(O)C[C@@H]3[C@H]([C@H]12)C3(C)C. The van der Waals surface area contributed by atoms with Gasteiger partial charge in [-0.05, 0) is 24.2 Å². The quantitative estimate of drug-likeness (QED) is 0.635. The lowest BCUT2D eigenvalue weighted by Gasteiger charge is -2.34. The standard InChI is InChI=1S/C11H17N3O2/c1-5-7-8-6(10(8,2)3)4-11(7,16)14(13-5)9(12)15/h6-8,16H,4H2,1-3H3,(H2,12,15)/t6-,7+,8-,11+/m1/s1. The van der Waals surface area contributed by atoms with Crippen LogP contribution in [0.1, 0.15) is 27.2 Å². The average molecular weight is 223 g/mol. The van der Waals surface area contributed by atoms with Crippen molar-refractivity contribution in [3.05, 3.63) is 0 Å². The highest BCUT2D eigenvalue weighted by atomic mass is 16.3. The van der Waals surface area contributed by atoms with Crippen LogP contribution in [0.3, 0.4) is 0 Å². The first-order valence-corrected chi connectivity index (χ1v) is 5.67. The fourth-order valence-corrected chi connectivity index (χ4v) is 3.94. The maximum Gasteiger partial charge on any atom is 0.337 e. The monoisotopic (exact) mass is 223 g/mol. The van der Waals surface area contributed by atoms with Crippen LogP contribution in [-0.4, -0.2) is 27.6 Å². The van der Waals surface area contributed by atoms with Crippen LogP contribution in [0, 0.1) is 23.2 Å². The van der Waals surface area contributed by atoms with Gasteiger partial charge in [-0.2, -0.15) is 10.1 Å². The molecule has 3 rings (SSSR count). The molecule has 2 aliphatic carbocycles. The Balaban J connectivity index is 1.99. The second kappa shape index (κ2) is 2.42. The molecule has 1 heterocycles. The highest BCUT2D eigenvalue weighted by Gasteiger charge is 2.75. The largest absolute Gasteiger partial charge is 0.368 e. The van der Waals surface area contributed by atoms with E-state index in [1.54, 1.807) is 0 Å². The summed E-state index contributed by atoms with van der Waals surface area (Å²) in [5.41, 5.74) is 5.19. The topological polar surface area (TPSA) is 78.9 Å². The molecule has 5 heteroatoms. The molecule has 2 amide bonds. The van der Waals surface area contributed by atoms with Crippen LogP contribution in [0.15, 0.2) is 5.10 Å². The molecular weight excluding hydrogens is 206 g/mol. The van der Waals surface area contributed by atoms with Crippen molar-refractivity contribution in [3.63, 3.8) is 0 Å². The second-order valence-electron chi connectivity index (χ2n) is 5.91. The summed E-state index contributed by atoms with van der Waals surface area (Å²) in [4.78, 5) is 11.3. The van der Waals surface area contributed by atoms with Gasteiger partial charge in [-0.15, -0.1) is 0 Å². The van der Waals surface area contributed by atoms with Crippen LogP contribution in [-0.2, 0) is 0 Å². The maximum absolute atomic E-state index is 11.3. The van der Waals surface area contributed by atoms with Gasteiger partial charge in [0.15, 0.2) is 5.72 Å². The molecule has 2 saturated carbocycles. The zero-order chi connectivity index (χ0) is 11.9. The lowest BCUT2D eigenvalue weighted by Crippen LogP contribution is -2.52. The fourth-order valence-electron chi connectivity index (χ4n) is 3.94. The summed E-state index contributed by atoms with van der Waals surface area (Å²) < 4.78 is 0. The van der Waals surface area contributed by atoms with Gasteiger partial charge in [-0.25, -0.2) is 4.79 Å². The minimum atomic E-state index is -1.15. The van der Waals surface area contributed by atoms with E-state index < -0.39 is 11.8 Å². The molecule has 0 aromatic carbocycles. The third-order valence-corrected chi connectivity index (χ3v) is 4.80. The van der Waals surface area contributed by atoms with Crippen molar-refractivity contribution in [1.29, 1.82) is 0 Å². The van der Waals surface area contributed by atoms with Crippen LogP contribution in [0.4, 0.5) is 4.79 Å². The predicted molar refractivity (Wildman–Crippen MR) is 58.3 cm³/mol. The van der Waals surface area contributed by atoms with E-state index in [0.717, 1.165) is 10.7 Å². The molecule has 0 radical (unpaired) electrons. The summed E-state index contributed by atoms with van der Waals surface area (Å²) in [6, 6.07) is -0.663. The van der Waals surface area contributed by atoms with Gasteiger partial charge in [0.05, 0.1) is 5.92 Å². The van der Waals surface area contributed by atoms with Crippen molar-refractivity contribution in [1.82, 2.24) is 5.01 Å². The molecule has 4 atom stereocenters. The number of carbonyl (C=O) groups excluding carboxylic acids is 1. The lowest BCUT2D eigenvalue weighted by molar-refractivity contribution is -0.0944. The van der Waals surface area contributed by atoms with Crippen molar-refractivity contribution < 1.29 is 9.90 Å². The van der Waals surface area contributed by atoms with E-state index in [1.165, 1.54) is 0 Å². The van der Waals surface area contributed by atoms with Gasteiger partial charge in [0, 0.05) is 12.1 Å². The summed E-state index contributed by atoms with van der Waals surface area (Å²) in [5.74, 6) is 0.889. The molecule has 3 N–H and O–H groups in total. The fraction of sp³-hybridized carbons (Fsp3) is 0.818. The van der Waals surface area contributed by atoms with E-state index in [1.807, 2.05) is 6.92 Å². The molecule has 88 valence electrons. The van der Waals surface area contributed by atoms with E-state index >= 15 is 0 Å². The molecule has 2 fully saturated rings. The first-order valence-electron chi connectivity index (χ1n) is 5.67. The van der Waals surface area contributed by atoms with Gasteiger partial charge in [-0.3, -0.25) is 0 Å². The Morgan fingerprint density at radius 3 is 2.81 bits per heavy atom. The molecule has 0 saturated heterocycles. The lowest BCUT2D eigenvalue weighted by atomic mass is 9.84. The first-order chi connectivity index (χ1) is 7.30. The zero-order valence-electron chi connectivity index (χ0n) is 9.77. The molecule has 1 aliphatic heterocycles. The van der Waals surface area contributed by atoms with Crippen molar-refractivity contribution in [2.45, 2.75) is 32.9 Å². The third kappa shape index (κ3) is 0.867. The van der Waals surface area contributed by atoms with Gasteiger partial charge in [0.2, 0.25) is 0 Å². The Kier molecular flexibility index (Phi) is 1.53. The molecule has 5 nitrogen and oxygen atoms in total. The Labute approximate surface area is 94.3 Å². The number of carbonyl (C=O) groups is 1. The van der Waals surface area contributed by atoms with E-state index in [2.05, 4.69) is 18.9 Å². The smallest absolute Gasteiger partial charge is 0.337 e. The van der Waals surface area contributed by atoms with E-state index in [9.17, 15) is 9.90 Å². The van der Waals surface area contributed by atoms with Gasteiger partial charge in [0.25, 0.3) is 0 Å². The number of nitrogens with two attached hydrogens (primary N) is 1. The Hall–Kier alpha value is -1.10. The van der Waals surface area contributed by atoms with Crippen molar-refractivity contribution in [2.75, 3.05) is 0 Å². The minimum Gasteiger partial charge on any atom is -0.368 e. The van der Waals surface area contributed by atoms with Gasteiger partial charge in [0.1, 0.15) is 0 Å². The maximum atomic E-state index is 11.3. The number of urea groups is 1. The van der Waals surface area contributed by atoms with E-state index in [-0.39, 0.29) is 11.3 Å². The number of hydrogen-bond acceptors (Lipinski definition) is 3. The predicted octanol–water partition coefficient (Wildman–Crippen LogP) is 0.737. The average Bonchev–Trinajstić information content (AvgIpc) is 2.51. The van der Waals surface area contributed by atoms with E-state index in [0.29, 0.717) is 18.3 Å². The number of fused-ring (bicyclic) bond motifs is 3.